The number of rotatable bonds is 1. The van der Waals surface area contributed by atoms with E-state index in [4.69, 9.17) is 0 Å². The minimum atomic E-state index is -2.74. The van der Waals surface area contributed by atoms with E-state index in [-0.39, 0.29) is 6.54 Å². The molecule has 5 nitrogen and oxygen atoms in total. The van der Waals surface area contributed by atoms with Gasteiger partial charge >= 0.3 is 0 Å². The topological polar surface area (TPSA) is 53.4 Å². The van der Waals surface area contributed by atoms with Crippen LogP contribution in [-0.4, -0.2) is 46.4 Å². The third-order valence-electron chi connectivity index (χ3n) is 2.80. The van der Waals surface area contributed by atoms with Crippen LogP contribution in [0, 0.1) is 0 Å². The van der Waals surface area contributed by atoms with Crippen molar-refractivity contribution in [1.29, 1.82) is 0 Å². The highest BCUT2D eigenvalue weighted by molar-refractivity contribution is 5.91. The number of fused-ring (bicyclic) bond motifs is 1. The Hall–Kier alpha value is -2.05. The molecule has 3 rings (SSSR count). The molecule has 0 atom stereocenters. The van der Waals surface area contributed by atoms with Crippen molar-refractivity contribution in [2.45, 2.75) is 5.92 Å². The van der Waals surface area contributed by atoms with E-state index in [1.165, 1.54) is 11.2 Å². The summed E-state index contributed by atoms with van der Waals surface area (Å²) in [5.41, 5.74) is 1.50. The standard InChI is InChI=1S/C11H11F2N5/c12-11(13)5-15-10-17-9(2-4-18(10)6-11)8-1-3-14-7-16-8/h1-3,7H,4-6H2,(H,15,17). The van der Waals surface area contributed by atoms with Gasteiger partial charge < -0.3 is 10.2 Å². The van der Waals surface area contributed by atoms with Crippen molar-refractivity contribution in [3.05, 3.63) is 30.4 Å². The van der Waals surface area contributed by atoms with E-state index in [0.29, 0.717) is 12.5 Å². The molecular weight excluding hydrogens is 240 g/mol. The van der Waals surface area contributed by atoms with E-state index in [0.717, 1.165) is 11.4 Å². The van der Waals surface area contributed by atoms with Crippen LogP contribution in [0.2, 0.25) is 0 Å². The van der Waals surface area contributed by atoms with E-state index in [1.54, 1.807) is 12.3 Å². The average molecular weight is 251 g/mol. The maximum Gasteiger partial charge on any atom is 0.284 e. The fourth-order valence-corrected chi connectivity index (χ4v) is 1.96. The molecule has 0 bridgehead atoms. The number of aliphatic imine (C=N–C) groups is 1. The van der Waals surface area contributed by atoms with Gasteiger partial charge in [-0.1, -0.05) is 0 Å². The Morgan fingerprint density at radius 2 is 2.28 bits per heavy atom. The lowest BCUT2D eigenvalue weighted by atomic mass is 10.2. The molecule has 3 heterocycles. The average Bonchev–Trinajstić information content (AvgIpc) is 2.38. The second kappa shape index (κ2) is 4.01. The molecule has 1 N–H and O–H groups in total. The number of nitrogens with one attached hydrogen (secondary N) is 1. The van der Waals surface area contributed by atoms with Crippen molar-refractivity contribution in [2.75, 3.05) is 19.6 Å². The highest BCUT2D eigenvalue weighted by Crippen LogP contribution is 2.23. The lowest BCUT2D eigenvalue weighted by molar-refractivity contribution is -0.0145. The molecule has 0 amide bonds. The molecule has 2 aliphatic rings. The predicted molar refractivity (Wildman–Crippen MR) is 62.0 cm³/mol. The van der Waals surface area contributed by atoms with Crippen molar-refractivity contribution >= 4 is 11.7 Å². The second-order valence-electron chi connectivity index (χ2n) is 4.21. The number of aromatic nitrogens is 2. The van der Waals surface area contributed by atoms with Gasteiger partial charge in [0, 0.05) is 12.7 Å². The number of hydrogen-bond acceptors (Lipinski definition) is 5. The number of hydrogen-bond donors (Lipinski definition) is 1. The van der Waals surface area contributed by atoms with Gasteiger partial charge in [-0.15, -0.1) is 0 Å². The first-order valence-corrected chi connectivity index (χ1v) is 5.55. The minimum absolute atomic E-state index is 0.299. The number of alkyl halides is 2. The van der Waals surface area contributed by atoms with Crippen molar-refractivity contribution in [3.63, 3.8) is 0 Å². The molecule has 0 saturated heterocycles. The molecule has 1 aromatic heterocycles. The molecule has 2 aliphatic heterocycles. The van der Waals surface area contributed by atoms with Crippen LogP contribution in [-0.2, 0) is 0 Å². The lowest BCUT2D eigenvalue weighted by Crippen LogP contribution is -2.53. The summed E-state index contributed by atoms with van der Waals surface area (Å²) in [6.07, 6.45) is 4.90. The van der Waals surface area contributed by atoms with Gasteiger partial charge in [0.2, 0.25) is 0 Å². The van der Waals surface area contributed by atoms with Gasteiger partial charge in [-0.05, 0) is 12.1 Å². The predicted octanol–water partition coefficient (Wildman–Crippen LogP) is 0.728. The maximum atomic E-state index is 13.2. The molecule has 0 saturated carbocycles. The Labute approximate surface area is 102 Å². The van der Waals surface area contributed by atoms with Crippen LogP contribution in [0.1, 0.15) is 5.69 Å². The first-order chi connectivity index (χ1) is 8.64. The van der Waals surface area contributed by atoms with Crippen LogP contribution in [0.3, 0.4) is 0 Å². The molecule has 0 fully saturated rings. The molecule has 0 aliphatic carbocycles. The number of guanidine groups is 1. The highest BCUT2D eigenvalue weighted by atomic mass is 19.3. The van der Waals surface area contributed by atoms with Gasteiger partial charge in [-0.25, -0.2) is 23.7 Å². The molecule has 0 aromatic carbocycles. The molecular formula is C11H11F2N5. The SMILES string of the molecule is FC1(F)CN=C2NC(c3ccncn3)=CCN2C1. The molecule has 7 heteroatoms. The van der Waals surface area contributed by atoms with Gasteiger partial charge in [-0.2, -0.15) is 0 Å². The Morgan fingerprint density at radius 1 is 1.39 bits per heavy atom. The smallest absolute Gasteiger partial charge is 0.284 e. The summed E-state index contributed by atoms with van der Waals surface area (Å²) in [5, 5.41) is 3.02. The fraction of sp³-hybridized carbons (Fsp3) is 0.364. The van der Waals surface area contributed by atoms with Crippen molar-refractivity contribution in [3.8, 4) is 0 Å². The van der Waals surface area contributed by atoms with Crippen LogP contribution in [0.25, 0.3) is 5.70 Å². The van der Waals surface area contributed by atoms with Gasteiger partial charge in [0.05, 0.1) is 17.9 Å². The summed E-state index contributed by atoms with van der Waals surface area (Å²) in [7, 11) is 0. The van der Waals surface area contributed by atoms with Crippen LogP contribution < -0.4 is 5.32 Å². The molecule has 0 unspecified atom stereocenters. The largest absolute Gasteiger partial charge is 0.333 e. The first kappa shape index (κ1) is 11.1. The Balaban J connectivity index is 1.83. The summed E-state index contributed by atoms with van der Waals surface area (Å²) < 4.78 is 26.4. The normalized spacial score (nSPS) is 21.6. The third-order valence-corrected chi connectivity index (χ3v) is 2.80. The number of halogens is 2. The number of nitrogens with zero attached hydrogens (tertiary/aromatic N) is 4. The van der Waals surface area contributed by atoms with E-state index >= 15 is 0 Å². The summed E-state index contributed by atoms with van der Waals surface area (Å²) in [5.74, 6) is -2.26. The summed E-state index contributed by atoms with van der Waals surface area (Å²) in [6, 6.07) is 1.76. The highest BCUT2D eigenvalue weighted by Gasteiger charge is 2.37. The Kier molecular flexibility index (Phi) is 2.46. The van der Waals surface area contributed by atoms with E-state index in [2.05, 4.69) is 20.3 Å². The van der Waals surface area contributed by atoms with Crippen molar-refractivity contribution in [1.82, 2.24) is 20.2 Å². The maximum absolute atomic E-state index is 13.2. The van der Waals surface area contributed by atoms with Crippen molar-refractivity contribution in [2.24, 2.45) is 4.99 Å². The third kappa shape index (κ3) is 2.03. The van der Waals surface area contributed by atoms with Gasteiger partial charge in [0.1, 0.15) is 12.9 Å². The zero-order valence-corrected chi connectivity index (χ0v) is 9.48. The molecule has 0 spiro atoms. The monoisotopic (exact) mass is 251 g/mol. The summed E-state index contributed by atoms with van der Waals surface area (Å²) in [6.45, 7) is -0.365. The molecule has 1 aromatic rings. The lowest BCUT2D eigenvalue weighted by Gasteiger charge is -2.36. The van der Waals surface area contributed by atoms with E-state index < -0.39 is 12.5 Å². The Morgan fingerprint density at radius 3 is 3.06 bits per heavy atom. The zero-order chi connectivity index (χ0) is 12.6. The first-order valence-electron chi connectivity index (χ1n) is 5.55. The molecule has 18 heavy (non-hydrogen) atoms. The Bertz CT molecular complexity index is 511. The van der Waals surface area contributed by atoms with Crippen LogP contribution in [0.15, 0.2) is 29.7 Å². The van der Waals surface area contributed by atoms with Crippen LogP contribution >= 0.6 is 0 Å². The van der Waals surface area contributed by atoms with Crippen LogP contribution in [0.5, 0.6) is 0 Å². The minimum Gasteiger partial charge on any atom is -0.333 e. The second-order valence-corrected chi connectivity index (χ2v) is 4.21. The molecule has 0 radical (unpaired) electrons. The van der Waals surface area contributed by atoms with E-state index in [9.17, 15) is 8.78 Å². The van der Waals surface area contributed by atoms with Gasteiger partial charge in [0.25, 0.3) is 5.92 Å². The molecule has 94 valence electrons. The summed E-state index contributed by atoms with van der Waals surface area (Å²) in [4.78, 5) is 13.3. The zero-order valence-electron chi connectivity index (χ0n) is 9.48. The fourth-order valence-electron chi connectivity index (χ4n) is 1.96. The summed E-state index contributed by atoms with van der Waals surface area (Å²) >= 11 is 0. The van der Waals surface area contributed by atoms with E-state index in [1.807, 2.05) is 6.08 Å². The van der Waals surface area contributed by atoms with Crippen molar-refractivity contribution < 1.29 is 8.78 Å². The van der Waals surface area contributed by atoms with Gasteiger partial charge in [-0.3, -0.25) is 0 Å². The van der Waals surface area contributed by atoms with Gasteiger partial charge in [0.15, 0.2) is 5.96 Å². The quantitative estimate of drug-likeness (QED) is 0.799. The van der Waals surface area contributed by atoms with Crippen LogP contribution in [0.4, 0.5) is 8.78 Å².